The van der Waals surface area contributed by atoms with Crippen LogP contribution in [0.25, 0.3) is 54.6 Å². The second-order valence-electron chi connectivity index (χ2n) is 13.3. The molecule has 4 aliphatic heterocycles. The van der Waals surface area contributed by atoms with E-state index in [4.69, 9.17) is 0 Å². The summed E-state index contributed by atoms with van der Waals surface area (Å²) in [6.07, 6.45) is 0. The third-order valence-electron chi connectivity index (χ3n) is 11.4. The molecule has 4 heterocycles. The highest BCUT2D eigenvalue weighted by molar-refractivity contribution is 7.02. The van der Waals surface area contributed by atoms with Gasteiger partial charge in [0.15, 0.2) is 11.6 Å². The molecule has 4 heteroatoms. The molecule has 0 spiro atoms. The molecule has 12 rings (SSSR count). The highest BCUT2D eigenvalue weighted by Crippen LogP contribution is 2.44. The Morgan fingerprint density at radius 2 is 0.739 bits per heavy atom. The predicted octanol–water partition coefficient (Wildman–Crippen LogP) is 4.67. The molecule has 0 amide bonds. The Labute approximate surface area is 264 Å². The molecule has 0 aliphatic carbocycles. The molecule has 8 aromatic carbocycles. The first-order valence-corrected chi connectivity index (χ1v) is 16.0. The Morgan fingerprint density at radius 3 is 1.22 bits per heavy atom. The van der Waals surface area contributed by atoms with E-state index >= 15 is 0 Å². The van der Waals surface area contributed by atoms with Crippen LogP contribution >= 0.6 is 0 Å². The number of benzene rings is 8. The summed E-state index contributed by atoms with van der Waals surface area (Å²) in [5.74, 6) is 0.237. The smallest absolute Gasteiger partial charge is 0.244 e. The minimum Gasteiger partial charge on any atom is -0.289 e. The van der Waals surface area contributed by atoms with Crippen molar-refractivity contribution in [1.82, 2.24) is 0 Å². The van der Waals surface area contributed by atoms with Crippen molar-refractivity contribution in [1.29, 1.82) is 0 Å². The average molecular weight is 578 g/mol. The number of carbonyl (C=O) groups excluding carboxylic acids is 2. The van der Waals surface area contributed by atoms with Gasteiger partial charge in [-0.25, -0.2) is 0 Å². The SMILES string of the molecule is O=C1c2ccccc2B2c3c1cccc3-c1ccc3cc4c5c(ccc6cc2c1c3c65)-c1cccc2c1B4c1ccccc1C2=O. The van der Waals surface area contributed by atoms with Crippen LogP contribution in [0.15, 0.2) is 121 Å². The number of rotatable bonds is 0. The van der Waals surface area contributed by atoms with Crippen LogP contribution in [0.4, 0.5) is 0 Å². The lowest BCUT2D eigenvalue weighted by molar-refractivity contribution is 0.103. The van der Waals surface area contributed by atoms with E-state index in [-0.39, 0.29) is 25.0 Å². The standard InChI is InChI=1S/C42H20B2O2/c45-41-27-7-1-3-13-31(27)43-33-19-21-15-18-24-26-10-6-12-30-40(26)44(32-14-4-2-8-28(32)42(30)46)34-20-22-16-17-23(25-9-5-11-29(41)39(25)43)37(33)35(22)36(21)38(24)34/h1-20H. The Balaban J connectivity index is 1.28. The van der Waals surface area contributed by atoms with Gasteiger partial charge in [0.05, 0.1) is 0 Å². The fourth-order valence-electron chi connectivity index (χ4n) is 9.78. The average Bonchev–Trinajstić information content (AvgIpc) is 3.11. The lowest BCUT2D eigenvalue weighted by Crippen LogP contribution is -2.61. The molecule has 8 aromatic rings. The van der Waals surface area contributed by atoms with Gasteiger partial charge in [-0.15, -0.1) is 0 Å². The van der Waals surface area contributed by atoms with Gasteiger partial charge in [0.25, 0.3) is 0 Å². The fraction of sp³-hybridized carbons (Fsp3) is 0. The zero-order valence-corrected chi connectivity index (χ0v) is 24.5. The summed E-state index contributed by atoms with van der Waals surface area (Å²) in [6, 6.07) is 42.8. The van der Waals surface area contributed by atoms with Crippen molar-refractivity contribution in [3.8, 4) is 22.3 Å². The van der Waals surface area contributed by atoms with E-state index in [1.165, 1.54) is 54.4 Å². The van der Waals surface area contributed by atoms with Gasteiger partial charge in [0, 0.05) is 22.3 Å². The van der Waals surface area contributed by atoms with Gasteiger partial charge in [-0.1, -0.05) is 143 Å². The van der Waals surface area contributed by atoms with Crippen molar-refractivity contribution < 1.29 is 9.59 Å². The van der Waals surface area contributed by atoms with Crippen LogP contribution < -0.4 is 32.8 Å². The predicted molar refractivity (Wildman–Crippen MR) is 190 cm³/mol. The van der Waals surface area contributed by atoms with Crippen molar-refractivity contribution in [3.05, 3.63) is 144 Å². The number of hydrogen-bond donors (Lipinski definition) is 0. The van der Waals surface area contributed by atoms with Gasteiger partial charge in [-0.05, 0) is 65.5 Å². The van der Waals surface area contributed by atoms with Crippen LogP contribution in [0.3, 0.4) is 0 Å². The molecule has 0 saturated heterocycles. The molecule has 0 unspecified atom stereocenters. The van der Waals surface area contributed by atoms with Gasteiger partial charge in [0.1, 0.15) is 0 Å². The Bertz CT molecular complexity index is 2620. The van der Waals surface area contributed by atoms with Crippen LogP contribution in [0.1, 0.15) is 31.8 Å². The van der Waals surface area contributed by atoms with Gasteiger partial charge in [0.2, 0.25) is 13.4 Å². The van der Waals surface area contributed by atoms with E-state index in [1.54, 1.807) is 0 Å². The molecule has 0 radical (unpaired) electrons. The monoisotopic (exact) mass is 578 g/mol. The largest absolute Gasteiger partial charge is 0.289 e. The van der Waals surface area contributed by atoms with E-state index in [0.29, 0.717) is 0 Å². The molecule has 0 N–H and O–H groups in total. The Kier molecular flexibility index (Phi) is 3.97. The van der Waals surface area contributed by atoms with Crippen LogP contribution in [-0.4, -0.2) is 25.0 Å². The van der Waals surface area contributed by atoms with E-state index in [2.05, 4.69) is 72.8 Å². The topological polar surface area (TPSA) is 34.1 Å². The van der Waals surface area contributed by atoms with Gasteiger partial charge in [-0.2, -0.15) is 0 Å². The van der Waals surface area contributed by atoms with Gasteiger partial charge >= 0.3 is 0 Å². The molecular formula is C42H20B2O2. The van der Waals surface area contributed by atoms with Crippen molar-refractivity contribution in [2.75, 3.05) is 0 Å². The van der Waals surface area contributed by atoms with E-state index in [0.717, 1.165) is 55.2 Å². The summed E-state index contributed by atoms with van der Waals surface area (Å²) in [7, 11) is 0. The lowest BCUT2D eigenvalue weighted by Gasteiger charge is -2.36. The summed E-state index contributed by atoms with van der Waals surface area (Å²) in [6.45, 7) is -0.0126. The maximum atomic E-state index is 13.8. The lowest BCUT2D eigenvalue weighted by atomic mass is 9.30. The Morgan fingerprint density at radius 1 is 0.326 bits per heavy atom. The van der Waals surface area contributed by atoms with Crippen molar-refractivity contribution in [2.45, 2.75) is 0 Å². The first-order chi connectivity index (χ1) is 22.7. The van der Waals surface area contributed by atoms with Crippen LogP contribution in [0, 0.1) is 0 Å². The maximum absolute atomic E-state index is 13.8. The summed E-state index contributed by atoms with van der Waals surface area (Å²) >= 11 is 0. The first-order valence-electron chi connectivity index (χ1n) is 16.0. The second kappa shape index (κ2) is 7.73. The minimum absolute atomic E-state index is 0.00632. The Hall–Kier alpha value is -5.73. The highest BCUT2D eigenvalue weighted by atomic mass is 16.1. The number of ketones is 2. The maximum Gasteiger partial charge on any atom is 0.244 e. The van der Waals surface area contributed by atoms with Crippen molar-refractivity contribution in [2.24, 2.45) is 0 Å². The number of carbonyl (C=O) groups is 2. The van der Waals surface area contributed by atoms with Crippen molar-refractivity contribution in [3.63, 3.8) is 0 Å². The number of fused-ring (bicyclic) bond motifs is 8. The number of hydrogen-bond acceptors (Lipinski definition) is 2. The summed E-state index contributed by atoms with van der Waals surface area (Å²) in [5, 5.41) is 7.64. The third kappa shape index (κ3) is 2.48. The van der Waals surface area contributed by atoms with Crippen LogP contribution in [0.5, 0.6) is 0 Å². The normalized spacial score (nSPS) is 14.5. The summed E-state index contributed by atoms with van der Waals surface area (Å²) in [5.41, 5.74) is 15.0. The van der Waals surface area contributed by atoms with E-state index < -0.39 is 0 Å². The molecule has 0 aromatic heterocycles. The van der Waals surface area contributed by atoms with Crippen molar-refractivity contribution >= 4 is 90.1 Å². The van der Waals surface area contributed by atoms with E-state index in [9.17, 15) is 9.59 Å². The molecule has 0 bridgehead atoms. The molecule has 0 fully saturated rings. The molecule has 4 aliphatic rings. The molecule has 206 valence electrons. The molecule has 0 atom stereocenters. The molecule has 2 nitrogen and oxygen atoms in total. The van der Waals surface area contributed by atoms with Gasteiger partial charge in [-0.3, -0.25) is 9.59 Å². The highest BCUT2D eigenvalue weighted by Gasteiger charge is 2.43. The first kappa shape index (κ1) is 23.6. The quantitative estimate of drug-likeness (QED) is 0.194. The van der Waals surface area contributed by atoms with Crippen LogP contribution in [0.2, 0.25) is 0 Å². The fourth-order valence-corrected chi connectivity index (χ4v) is 9.78. The third-order valence-corrected chi connectivity index (χ3v) is 11.4. The molecular weight excluding hydrogens is 558 g/mol. The minimum atomic E-state index is -0.00632. The summed E-state index contributed by atoms with van der Waals surface area (Å²) in [4.78, 5) is 27.6. The summed E-state index contributed by atoms with van der Waals surface area (Å²) < 4.78 is 0. The van der Waals surface area contributed by atoms with E-state index in [1.807, 2.05) is 48.5 Å². The zero-order valence-electron chi connectivity index (χ0n) is 24.5. The zero-order chi connectivity index (χ0) is 30.0. The van der Waals surface area contributed by atoms with Crippen LogP contribution in [-0.2, 0) is 0 Å². The second-order valence-corrected chi connectivity index (χ2v) is 13.3. The molecule has 46 heavy (non-hydrogen) atoms. The van der Waals surface area contributed by atoms with Gasteiger partial charge < -0.3 is 0 Å². The molecule has 0 saturated carbocycles.